The Labute approximate surface area is 138 Å². The van der Waals surface area contributed by atoms with Gasteiger partial charge in [0.05, 0.1) is 11.4 Å². The maximum Gasteiger partial charge on any atom is 0.267 e. The summed E-state index contributed by atoms with van der Waals surface area (Å²) in [6.45, 7) is 4.86. The number of halogens is 2. The van der Waals surface area contributed by atoms with Crippen molar-refractivity contribution in [1.82, 2.24) is 15.1 Å². The Hall–Kier alpha value is -2.54. The van der Waals surface area contributed by atoms with Crippen LogP contribution >= 0.6 is 0 Å². The Morgan fingerprint density at radius 3 is 2.46 bits per heavy atom. The quantitative estimate of drug-likeness (QED) is 0.901. The minimum atomic E-state index is -0.703. The molecule has 0 bridgehead atoms. The lowest BCUT2D eigenvalue weighted by Gasteiger charge is -2.18. The molecule has 1 amide bonds. The average Bonchev–Trinajstić information content (AvgIpc) is 2.81. The predicted octanol–water partition coefficient (Wildman–Crippen LogP) is 2.11. The van der Waals surface area contributed by atoms with Crippen molar-refractivity contribution in [3.05, 3.63) is 51.9 Å². The number of nitrogens with one attached hydrogen (secondary N) is 1. The molecule has 2 heterocycles. The number of benzene rings is 1. The second kappa shape index (κ2) is 6.16. The number of rotatable bonds is 4. The van der Waals surface area contributed by atoms with Gasteiger partial charge in [-0.15, -0.1) is 0 Å². The van der Waals surface area contributed by atoms with Gasteiger partial charge in [-0.2, -0.15) is 5.10 Å². The number of nitrogens with zero attached hydrogens (tertiary/aromatic N) is 2. The predicted molar refractivity (Wildman–Crippen MR) is 87.0 cm³/mol. The molecule has 3 N–H and O–H groups in total. The first-order valence-electron chi connectivity index (χ1n) is 7.70. The van der Waals surface area contributed by atoms with Crippen LogP contribution in [0.4, 0.5) is 8.78 Å². The number of nitrogens with two attached hydrogens (primary N) is 1. The molecule has 1 aliphatic rings. The summed E-state index contributed by atoms with van der Waals surface area (Å²) >= 11 is 0. The summed E-state index contributed by atoms with van der Waals surface area (Å²) in [6.07, 6.45) is 2.09. The first-order chi connectivity index (χ1) is 11.4. The molecule has 0 aliphatic carbocycles. The van der Waals surface area contributed by atoms with Crippen molar-refractivity contribution in [3.63, 3.8) is 0 Å². The molecule has 1 aliphatic heterocycles. The maximum atomic E-state index is 14.4. The third-order valence-corrected chi connectivity index (χ3v) is 4.15. The van der Waals surface area contributed by atoms with Crippen LogP contribution in [0, 0.1) is 18.6 Å². The van der Waals surface area contributed by atoms with E-state index in [0.29, 0.717) is 30.8 Å². The van der Waals surface area contributed by atoms with Gasteiger partial charge in [0.15, 0.2) is 0 Å². The molecule has 1 aromatic carbocycles. The highest BCUT2D eigenvalue weighted by atomic mass is 19.1. The number of aromatic nitrogens is 2. The molecule has 0 radical (unpaired) electrons. The second-order valence-corrected chi connectivity index (χ2v) is 5.78. The number of carbonyl (C=O) groups is 1. The SMILES string of the molecule is CCc1nn(-c2cc(F)c(C=C3CNC3)c(F)c2)c(C(N)=O)c1C. The summed E-state index contributed by atoms with van der Waals surface area (Å²) in [4.78, 5) is 11.7. The monoisotopic (exact) mass is 332 g/mol. The Morgan fingerprint density at radius 1 is 1.38 bits per heavy atom. The Bertz CT molecular complexity index is 826. The summed E-state index contributed by atoms with van der Waals surface area (Å²) in [6, 6.07) is 2.33. The zero-order valence-electron chi connectivity index (χ0n) is 13.5. The molecular weight excluding hydrogens is 314 g/mol. The highest BCUT2D eigenvalue weighted by molar-refractivity contribution is 5.93. The van der Waals surface area contributed by atoms with Gasteiger partial charge >= 0.3 is 0 Å². The van der Waals surface area contributed by atoms with Crippen molar-refractivity contribution < 1.29 is 13.6 Å². The topological polar surface area (TPSA) is 72.9 Å². The van der Waals surface area contributed by atoms with Gasteiger partial charge in [-0.1, -0.05) is 6.92 Å². The zero-order chi connectivity index (χ0) is 17.4. The molecule has 24 heavy (non-hydrogen) atoms. The van der Waals surface area contributed by atoms with E-state index in [4.69, 9.17) is 5.73 Å². The maximum absolute atomic E-state index is 14.4. The fraction of sp³-hybridized carbons (Fsp3) is 0.294. The molecule has 1 aromatic heterocycles. The van der Waals surface area contributed by atoms with Crippen molar-refractivity contribution in [2.24, 2.45) is 5.73 Å². The van der Waals surface area contributed by atoms with E-state index in [1.807, 2.05) is 6.92 Å². The zero-order valence-corrected chi connectivity index (χ0v) is 13.5. The van der Waals surface area contributed by atoms with Crippen LogP contribution in [0.15, 0.2) is 17.7 Å². The third kappa shape index (κ3) is 2.71. The van der Waals surface area contributed by atoms with Crippen LogP contribution in [0.5, 0.6) is 0 Å². The van der Waals surface area contributed by atoms with Gasteiger partial charge in [-0.25, -0.2) is 13.5 Å². The number of primary amides is 1. The largest absolute Gasteiger partial charge is 0.364 e. The highest BCUT2D eigenvalue weighted by Gasteiger charge is 2.21. The fourth-order valence-electron chi connectivity index (χ4n) is 2.76. The van der Waals surface area contributed by atoms with E-state index in [-0.39, 0.29) is 16.9 Å². The van der Waals surface area contributed by atoms with E-state index in [0.717, 1.165) is 5.57 Å². The lowest BCUT2D eigenvalue weighted by Crippen LogP contribution is -2.33. The van der Waals surface area contributed by atoms with E-state index >= 15 is 0 Å². The van der Waals surface area contributed by atoms with E-state index in [1.54, 1.807) is 6.92 Å². The molecule has 3 rings (SSSR count). The van der Waals surface area contributed by atoms with Crippen LogP contribution in [0.2, 0.25) is 0 Å². The second-order valence-electron chi connectivity index (χ2n) is 5.78. The normalized spacial score (nSPS) is 13.8. The van der Waals surface area contributed by atoms with Gasteiger partial charge in [0.25, 0.3) is 5.91 Å². The van der Waals surface area contributed by atoms with E-state index in [2.05, 4.69) is 10.4 Å². The Morgan fingerprint density at radius 2 is 2.00 bits per heavy atom. The van der Waals surface area contributed by atoms with Gasteiger partial charge in [0.1, 0.15) is 17.3 Å². The number of carbonyl (C=O) groups excluding carboxylic acids is 1. The fourth-order valence-corrected chi connectivity index (χ4v) is 2.76. The molecule has 1 fully saturated rings. The van der Waals surface area contributed by atoms with E-state index in [1.165, 1.54) is 22.9 Å². The summed E-state index contributed by atoms with van der Waals surface area (Å²) in [7, 11) is 0. The molecule has 0 atom stereocenters. The Kier molecular flexibility index (Phi) is 4.19. The highest BCUT2D eigenvalue weighted by Crippen LogP contribution is 2.24. The van der Waals surface area contributed by atoms with Crippen molar-refractivity contribution in [2.45, 2.75) is 20.3 Å². The summed E-state index contributed by atoms with van der Waals surface area (Å²) in [5.41, 5.74) is 7.82. The first-order valence-corrected chi connectivity index (χ1v) is 7.70. The van der Waals surface area contributed by atoms with Crippen LogP contribution in [0.1, 0.15) is 34.2 Å². The van der Waals surface area contributed by atoms with Crippen molar-refractivity contribution >= 4 is 12.0 Å². The van der Waals surface area contributed by atoms with Gasteiger partial charge in [0, 0.05) is 36.3 Å². The lowest BCUT2D eigenvalue weighted by molar-refractivity contribution is 0.0992. The molecule has 1 saturated heterocycles. The van der Waals surface area contributed by atoms with Crippen LogP contribution in [-0.2, 0) is 6.42 Å². The van der Waals surface area contributed by atoms with Crippen molar-refractivity contribution in [2.75, 3.05) is 13.1 Å². The summed E-state index contributed by atoms with van der Waals surface area (Å²) in [5.74, 6) is -2.09. The van der Waals surface area contributed by atoms with E-state index < -0.39 is 17.5 Å². The van der Waals surface area contributed by atoms with Crippen molar-refractivity contribution in [1.29, 1.82) is 0 Å². The number of hydrogen-bond donors (Lipinski definition) is 2. The summed E-state index contributed by atoms with van der Waals surface area (Å²) in [5, 5.41) is 7.29. The van der Waals surface area contributed by atoms with Crippen LogP contribution in [-0.4, -0.2) is 28.8 Å². The third-order valence-electron chi connectivity index (χ3n) is 4.15. The molecular formula is C17H18F2N4O. The molecule has 5 nitrogen and oxygen atoms in total. The number of aryl methyl sites for hydroxylation is 1. The lowest BCUT2D eigenvalue weighted by atomic mass is 10.1. The molecule has 0 unspecified atom stereocenters. The van der Waals surface area contributed by atoms with Gasteiger partial charge < -0.3 is 11.1 Å². The minimum Gasteiger partial charge on any atom is -0.364 e. The number of amides is 1. The molecule has 126 valence electrons. The summed E-state index contributed by atoms with van der Waals surface area (Å²) < 4.78 is 30.0. The van der Waals surface area contributed by atoms with Gasteiger partial charge in [0.2, 0.25) is 0 Å². The van der Waals surface area contributed by atoms with Crippen LogP contribution in [0.25, 0.3) is 11.8 Å². The average molecular weight is 332 g/mol. The Balaban J connectivity index is 2.12. The first kappa shape index (κ1) is 16.3. The van der Waals surface area contributed by atoms with E-state index in [9.17, 15) is 13.6 Å². The van der Waals surface area contributed by atoms with Gasteiger partial charge in [-0.05, 0) is 25.0 Å². The molecule has 7 heteroatoms. The van der Waals surface area contributed by atoms with Crippen molar-refractivity contribution in [3.8, 4) is 5.69 Å². The van der Waals surface area contributed by atoms with Crippen LogP contribution in [0.3, 0.4) is 0 Å². The smallest absolute Gasteiger partial charge is 0.267 e. The molecule has 2 aromatic rings. The van der Waals surface area contributed by atoms with Gasteiger partial charge in [-0.3, -0.25) is 4.79 Å². The standard InChI is InChI=1S/C17H18F2N4O/c1-3-15-9(2)16(17(20)24)23(22-15)11-5-13(18)12(14(19)6-11)4-10-7-21-8-10/h4-6,21H,3,7-8H2,1-2H3,(H2,20,24). The number of hydrogen-bond acceptors (Lipinski definition) is 3. The molecule has 0 spiro atoms. The molecule has 0 saturated carbocycles. The van der Waals surface area contributed by atoms with Crippen LogP contribution < -0.4 is 11.1 Å². The minimum absolute atomic E-state index is 0.0875.